The Morgan fingerprint density at radius 2 is 1.77 bits per heavy atom. The molecule has 2 aromatic rings. The van der Waals surface area contributed by atoms with E-state index in [1.54, 1.807) is 6.92 Å². The standard InChI is InChI=1S/C16H12F4O2/c1-8-2-3-13(12-7-16(19,20)15(21)14(8)12)22-11-5-9(17)4-10(18)6-11/h2-6,15,21H,7H2,1H3/t15-/m0/s1. The molecule has 1 atom stereocenters. The van der Waals surface area contributed by atoms with Crippen LogP contribution in [-0.2, 0) is 6.42 Å². The minimum atomic E-state index is -3.29. The van der Waals surface area contributed by atoms with E-state index in [0.29, 0.717) is 11.6 Å². The zero-order valence-electron chi connectivity index (χ0n) is 11.5. The number of aliphatic hydroxyl groups is 1. The second-order valence-electron chi connectivity index (χ2n) is 5.32. The molecule has 0 amide bonds. The molecule has 0 saturated heterocycles. The minimum Gasteiger partial charge on any atom is -0.457 e. The van der Waals surface area contributed by atoms with Crippen molar-refractivity contribution >= 4 is 0 Å². The Hall–Kier alpha value is -2.08. The Kier molecular flexibility index (Phi) is 3.36. The first kappa shape index (κ1) is 14.8. The summed E-state index contributed by atoms with van der Waals surface area (Å²) in [6, 6.07) is 5.57. The van der Waals surface area contributed by atoms with E-state index >= 15 is 0 Å². The van der Waals surface area contributed by atoms with Crippen molar-refractivity contribution in [2.24, 2.45) is 0 Å². The Morgan fingerprint density at radius 3 is 2.41 bits per heavy atom. The topological polar surface area (TPSA) is 29.5 Å². The van der Waals surface area contributed by atoms with E-state index < -0.39 is 30.1 Å². The lowest BCUT2D eigenvalue weighted by molar-refractivity contribution is -0.0970. The SMILES string of the molecule is Cc1ccc(Oc2cc(F)cc(F)c2)c2c1[C@H](O)C(F)(F)C2. The smallest absolute Gasteiger partial charge is 0.281 e. The van der Waals surface area contributed by atoms with E-state index in [4.69, 9.17) is 4.74 Å². The Balaban J connectivity index is 2.04. The summed E-state index contributed by atoms with van der Waals surface area (Å²) in [6.45, 7) is 1.61. The molecule has 6 heteroatoms. The first-order valence-corrected chi connectivity index (χ1v) is 6.60. The van der Waals surface area contributed by atoms with Crippen LogP contribution in [0.25, 0.3) is 0 Å². The fourth-order valence-corrected chi connectivity index (χ4v) is 2.68. The highest BCUT2D eigenvalue weighted by Gasteiger charge is 2.48. The van der Waals surface area contributed by atoms with Gasteiger partial charge in [0.15, 0.2) is 0 Å². The Bertz CT molecular complexity index is 723. The first-order valence-electron chi connectivity index (χ1n) is 6.60. The van der Waals surface area contributed by atoms with Gasteiger partial charge in [0, 0.05) is 30.2 Å². The van der Waals surface area contributed by atoms with Gasteiger partial charge >= 0.3 is 0 Å². The summed E-state index contributed by atoms with van der Waals surface area (Å²) in [4.78, 5) is 0. The van der Waals surface area contributed by atoms with E-state index in [9.17, 15) is 22.7 Å². The molecule has 0 aliphatic heterocycles. The van der Waals surface area contributed by atoms with Crippen LogP contribution in [0.3, 0.4) is 0 Å². The average molecular weight is 312 g/mol. The maximum absolute atomic E-state index is 13.7. The number of aryl methyl sites for hydroxylation is 1. The highest BCUT2D eigenvalue weighted by molar-refractivity contribution is 5.52. The van der Waals surface area contributed by atoms with Gasteiger partial charge in [-0.05, 0) is 24.1 Å². The molecule has 0 heterocycles. The zero-order chi connectivity index (χ0) is 16.1. The van der Waals surface area contributed by atoms with Crippen molar-refractivity contribution in [1.82, 2.24) is 0 Å². The van der Waals surface area contributed by atoms with Crippen LogP contribution in [0.5, 0.6) is 11.5 Å². The van der Waals surface area contributed by atoms with E-state index in [2.05, 4.69) is 0 Å². The van der Waals surface area contributed by atoms with Crippen LogP contribution in [-0.4, -0.2) is 11.0 Å². The molecular weight excluding hydrogens is 300 g/mol. The fourth-order valence-electron chi connectivity index (χ4n) is 2.68. The second-order valence-corrected chi connectivity index (χ2v) is 5.32. The number of hydrogen-bond acceptors (Lipinski definition) is 2. The van der Waals surface area contributed by atoms with Crippen molar-refractivity contribution in [1.29, 1.82) is 0 Å². The lowest BCUT2D eigenvalue weighted by atomic mass is 10.0. The number of fused-ring (bicyclic) bond motifs is 1. The summed E-state index contributed by atoms with van der Waals surface area (Å²) in [5.41, 5.74) is 0.777. The number of rotatable bonds is 2. The number of alkyl halides is 2. The van der Waals surface area contributed by atoms with Crippen LogP contribution >= 0.6 is 0 Å². The molecule has 0 fully saturated rings. The highest BCUT2D eigenvalue weighted by Crippen LogP contribution is 2.48. The van der Waals surface area contributed by atoms with Crippen molar-refractivity contribution in [3.05, 3.63) is 58.7 Å². The molecule has 2 nitrogen and oxygen atoms in total. The summed E-state index contributed by atoms with van der Waals surface area (Å²) in [6.07, 6.45) is -2.59. The van der Waals surface area contributed by atoms with Crippen LogP contribution in [0.2, 0.25) is 0 Å². The normalized spacial score (nSPS) is 19.1. The molecule has 0 unspecified atom stereocenters. The van der Waals surface area contributed by atoms with Crippen molar-refractivity contribution < 1.29 is 27.4 Å². The average Bonchev–Trinajstić information content (AvgIpc) is 2.64. The van der Waals surface area contributed by atoms with Crippen LogP contribution in [0.15, 0.2) is 30.3 Å². The number of aliphatic hydroxyl groups excluding tert-OH is 1. The van der Waals surface area contributed by atoms with Crippen LogP contribution in [0.4, 0.5) is 17.6 Å². The molecule has 2 aromatic carbocycles. The third kappa shape index (κ3) is 2.43. The minimum absolute atomic E-state index is 0.0572. The monoisotopic (exact) mass is 312 g/mol. The predicted octanol–water partition coefficient (Wildman–Crippen LogP) is 4.29. The largest absolute Gasteiger partial charge is 0.457 e. The van der Waals surface area contributed by atoms with Crippen molar-refractivity contribution in [3.8, 4) is 11.5 Å². The number of hydrogen-bond donors (Lipinski definition) is 1. The molecule has 3 rings (SSSR count). The number of ether oxygens (including phenoxy) is 1. The molecule has 0 saturated carbocycles. The third-order valence-corrected chi connectivity index (χ3v) is 3.68. The van der Waals surface area contributed by atoms with E-state index in [1.807, 2.05) is 0 Å². The van der Waals surface area contributed by atoms with Gasteiger partial charge in [-0.15, -0.1) is 0 Å². The summed E-state index contributed by atoms with van der Waals surface area (Å²) in [5, 5.41) is 9.74. The number of benzene rings is 2. The van der Waals surface area contributed by atoms with E-state index in [1.165, 1.54) is 12.1 Å². The lowest BCUT2D eigenvalue weighted by Crippen LogP contribution is -2.21. The second kappa shape index (κ2) is 4.98. The van der Waals surface area contributed by atoms with Gasteiger partial charge in [0.2, 0.25) is 0 Å². The van der Waals surface area contributed by atoms with Crippen LogP contribution < -0.4 is 4.74 Å². The van der Waals surface area contributed by atoms with Crippen molar-refractivity contribution in [2.75, 3.05) is 0 Å². The maximum atomic E-state index is 13.7. The molecule has 0 aromatic heterocycles. The van der Waals surface area contributed by atoms with E-state index in [-0.39, 0.29) is 22.6 Å². The van der Waals surface area contributed by atoms with Gasteiger partial charge in [0.25, 0.3) is 5.92 Å². The molecule has 0 radical (unpaired) electrons. The fraction of sp³-hybridized carbons (Fsp3) is 0.250. The molecule has 0 bridgehead atoms. The quantitative estimate of drug-likeness (QED) is 0.838. The van der Waals surface area contributed by atoms with Gasteiger partial charge in [-0.2, -0.15) is 0 Å². The van der Waals surface area contributed by atoms with Crippen molar-refractivity contribution in [3.63, 3.8) is 0 Å². The van der Waals surface area contributed by atoms with Gasteiger partial charge in [0.1, 0.15) is 29.2 Å². The Labute approximate surface area is 124 Å². The highest BCUT2D eigenvalue weighted by atomic mass is 19.3. The number of halogens is 4. The predicted molar refractivity (Wildman–Crippen MR) is 71.2 cm³/mol. The molecule has 116 valence electrons. The molecule has 1 aliphatic rings. The molecular formula is C16H12F4O2. The molecule has 0 spiro atoms. The summed E-state index contributed by atoms with van der Waals surface area (Å²) >= 11 is 0. The third-order valence-electron chi connectivity index (χ3n) is 3.68. The lowest BCUT2D eigenvalue weighted by Gasteiger charge is -2.14. The summed E-state index contributed by atoms with van der Waals surface area (Å²) in [7, 11) is 0. The van der Waals surface area contributed by atoms with Crippen molar-refractivity contribution in [2.45, 2.75) is 25.4 Å². The van der Waals surface area contributed by atoms with E-state index in [0.717, 1.165) is 12.1 Å². The van der Waals surface area contributed by atoms with Gasteiger partial charge in [0.05, 0.1) is 0 Å². The van der Waals surface area contributed by atoms with Gasteiger partial charge < -0.3 is 9.84 Å². The van der Waals surface area contributed by atoms with Gasteiger partial charge in [-0.25, -0.2) is 17.6 Å². The molecule has 1 N–H and O–H groups in total. The van der Waals surface area contributed by atoms with Gasteiger partial charge in [-0.3, -0.25) is 0 Å². The van der Waals surface area contributed by atoms with Crippen LogP contribution in [0.1, 0.15) is 22.8 Å². The summed E-state index contributed by atoms with van der Waals surface area (Å²) in [5.74, 6) is -5.02. The van der Waals surface area contributed by atoms with Gasteiger partial charge in [-0.1, -0.05) is 6.07 Å². The molecule has 1 aliphatic carbocycles. The zero-order valence-corrected chi connectivity index (χ0v) is 11.5. The Morgan fingerprint density at radius 1 is 1.14 bits per heavy atom. The van der Waals surface area contributed by atoms with Crippen LogP contribution in [0, 0.1) is 18.6 Å². The first-order chi connectivity index (χ1) is 10.3. The molecule has 22 heavy (non-hydrogen) atoms. The maximum Gasteiger partial charge on any atom is 0.281 e. The summed E-state index contributed by atoms with van der Waals surface area (Å²) < 4.78 is 59.2.